The van der Waals surface area contributed by atoms with Crippen LogP contribution in [0.3, 0.4) is 0 Å². The first kappa shape index (κ1) is 29.7. The average molecular weight is 648 g/mol. The Morgan fingerprint density at radius 3 is 2.14 bits per heavy atom. The third-order valence-corrected chi connectivity index (χ3v) is 9.87. The van der Waals surface area contributed by atoms with Gasteiger partial charge in [-0.3, -0.25) is 9.55 Å². The lowest BCUT2D eigenvalue weighted by molar-refractivity contribution is 0.477. The van der Waals surface area contributed by atoms with Crippen LogP contribution in [0.15, 0.2) is 162 Å². The molecular formula is C45H33N3O2. The molecule has 5 nitrogen and oxygen atoms in total. The predicted octanol–water partition coefficient (Wildman–Crippen LogP) is 11.4. The molecule has 0 saturated heterocycles. The number of aromatic hydroxyl groups is 1. The van der Waals surface area contributed by atoms with E-state index < -0.39 is 0 Å². The molecule has 5 heteroatoms. The lowest BCUT2D eigenvalue weighted by Crippen LogP contribution is -2.19. The van der Waals surface area contributed by atoms with Gasteiger partial charge < -0.3 is 9.52 Å². The van der Waals surface area contributed by atoms with Crippen LogP contribution in [0, 0.1) is 0 Å². The highest BCUT2D eigenvalue weighted by Crippen LogP contribution is 2.42. The van der Waals surface area contributed by atoms with Crippen LogP contribution in [0.2, 0.25) is 0 Å². The smallest absolute Gasteiger partial charge is 0.161 e. The first-order chi connectivity index (χ1) is 24.5. The third kappa shape index (κ3) is 4.78. The topological polar surface area (TPSA) is 64.1 Å². The lowest BCUT2D eigenvalue weighted by atomic mass is 9.76. The molecule has 0 unspecified atom stereocenters. The number of aromatic nitrogens is 3. The Kier molecular flexibility index (Phi) is 6.88. The largest absolute Gasteiger partial charge is 0.507 e. The van der Waals surface area contributed by atoms with E-state index in [1.807, 2.05) is 66.9 Å². The molecule has 0 radical (unpaired) electrons. The molecule has 9 rings (SSSR count). The van der Waals surface area contributed by atoms with Crippen molar-refractivity contribution in [3.05, 3.63) is 169 Å². The lowest BCUT2D eigenvalue weighted by Gasteiger charge is -2.27. The van der Waals surface area contributed by atoms with Gasteiger partial charge >= 0.3 is 0 Å². The van der Waals surface area contributed by atoms with Crippen LogP contribution in [0.5, 0.6) is 5.75 Å². The summed E-state index contributed by atoms with van der Waals surface area (Å²) in [6.07, 6.45) is 1.87. The highest BCUT2D eigenvalue weighted by molar-refractivity contribution is 6.09. The molecular weight excluding hydrogens is 615 g/mol. The van der Waals surface area contributed by atoms with Crippen molar-refractivity contribution < 1.29 is 9.52 Å². The molecule has 3 heterocycles. The fourth-order valence-electron chi connectivity index (χ4n) is 7.17. The van der Waals surface area contributed by atoms with Gasteiger partial charge in [-0.2, -0.15) is 0 Å². The first-order valence-electron chi connectivity index (χ1n) is 16.8. The number of benzene rings is 6. The molecule has 0 aliphatic heterocycles. The third-order valence-electron chi connectivity index (χ3n) is 9.87. The van der Waals surface area contributed by atoms with E-state index in [2.05, 4.69) is 103 Å². The summed E-state index contributed by atoms with van der Waals surface area (Å²) in [6.45, 7) is 4.53. The van der Waals surface area contributed by atoms with E-state index in [4.69, 9.17) is 14.4 Å². The quantitative estimate of drug-likeness (QED) is 0.195. The number of hydrogen-bond donors (Lipinski definition) is 1. The van der Waals surface area contributed by atoms with Gasteiger partial charge in [-0.05, 0) is 71.3 Å². The highest BCUT2D eigenvalue weighted by Gasteiger charge is 2.27. The molecule has 6 aromatic carbocycles. The van der Waals surface area contributed by atoms with Gasteiger partial charge in [0.15, 0.2) is 5.58 Å². The number of hydrogen-bond acceptors (Lipinski definition) is 4. The van der Waals surface area contributed by atoms with E-state index in [0.29, 0.717) is 11.4 Å². The van der Waals surface area contributed by atoms with Gasteiger partial charge in [0.05, 0.1) is 16.6 Å². The second-order valence-corrected chi connectivity index (χ2v) is 13.2. The Morgan fingerprint density at radius 2 is 1.32 bits per heavy atom. The van der Waals surface area contributed by atoms with Crippen LogP contribution >= 0.6 is 0 Å². The molecule has 9 aromatic rings. The number of phenols is 1. The Hall–Kier alpha value is -6.46. The standard InChI is InChI=1S/C45H33N3O2/c1-45(2,31-14-5-3-6-15-31)32-27-29(26-30(28-32)41-43-36(24-25-46-41)35-18-10-12-23-40(35)50-43)34-20-13-21-38-42(34)47-44(37-19-9-11-22-39(37)49)48(38)33-16-7-4-8-17-33/h3-28,49H,1-2H3. The molecule has 0 aliphatic carbocycles. The minimum Gasteiger partial charge on any atom is -0.507 e. The maximum absolute atomic E-state index is 11.0. The van der Waals surface area contributed by atoms with Crippen molar-refractivity contribution >= 4 is 33.0 Å². The normalized spacial score (nSPS) is 11.9. The molecule has 0 amide bonds. The average Bonchev–Trinajstić information content (AvgIpc) is 3.74. The van der Waals surface area contributed by atoms with Gasteiger partial charge in [-0.15, -0.1) is 0 Å². The van der Waals surface area contributed by atoms with Crippen molar-refractivity contribution in [2.45, 2.75) is 19.3 Å². The van der Waals surface area contributed by atoms with Crippen molar-refractivity contribution in [2.24, 2.45) is 0 Å². The number of para-hydroxylation sites is 4. The summed E-state index contributed by atoms with van der Waals surface area (Å²) < 4.78 is 8.62. The van der Waals surface area contributed by atoms with Gasteiger partial charge in [0.1, 0.15) is 22.9 Å². The molecule has 0 aliphatic rings. The van der Waals surface area contributed by atoms with E-state index in [1.165, 1.54) is 5.56 Å². The zero-order valence-corrected chi connectivity index (χ0v) is 27.7. The second-order valence-electron chi connectivity index (χ2n) is 13.2. The molecule has 0 fully saturated rings. The number of nitrogens with zero attached hydrogens (tertiary/aromatic N) is 3. The zero-order valence-electron chi connectivity index (χ0n) is 27.7. The number of pyridine rings is 1. The van der Waals surface area contributed by atoms with Crippen molar-refractivity contribution in [2.75, 3.05) is 0 Å². The summed E-state index contributed by atoms with van der Waals surface area (Å²) in [7, 11) is 0. The van der Waals surface area contributed by atoms with E-state index in [9.17, 15) is 5.11 Å². The minimum atomic E-state index is -0.327. The van der Waals surface area contributed by atoms with E-state index >= 15 is 0 Å². The number of phenolic OH excluding ortho intramolecular Hbond substituents is 1. The highest BCUT2D eigenvalue weighted by atomic mass is 16.3. The SMILES string of the molecule is CC(C)(c1ccccc1)c1cc(-c2cccc3c2nc(-c2ccccc2O)n3-c2ccccc2)cc(-c2nccc3c2oc2ccccc23)c1. The number of fused-ring (bicyclic) bond motifs is 4. The summed E-state index contributed by atoms with van der Waals surface area (Å²) in [4.78, 5) is 10.2. The molecule has 3 aromatic heterocycles. The second kappa shape index (κ2) is 11.6. The molecule has 1 N–H and O–H groups in total. The Bertz CT molecular complexity index is 2690. The minimum absolute atomic E-state index is 0.181. The Labute approximate surface area is 289 Å². The zero-order chi connectivity index (χ0) is 33.8. The Morgan fingerprint density at radius 1 is 0.620 bits per heavy atom. The van der Waals surface area contributed by atoms with Gasteiger partial charge in [0, 0.05) is 39.2 Å². The number of rotatable bonds is 6. The van der Waals surface area contributed by atoms with Crippen molar-refractivity contribution in [1.29, 1.82) is 0 Å². The van der Waals surface area contributed by atoms with Gasteiger partial charge in [-0.25, -0.2) is 4.98 Å². The van der Waals surface area contributed by atoms with Crippen LogP contribution in [0.25, 0.3) is 72.4 Å². The molecule has 0 atom stereocenters. The van der Waals surface area contributed by atoms with Crippen molar-refractivity contribution in [3.8, 4) is 45.2 Å². The van der Waals surface area contributed by atoms with E-state index in [-0.39, 0.29) is 11.2 Å². The summed E-state index contributed by atoms with van der Waals surface area (Å²) in [5, 5.41) is 13.1. The predicted molar refractivity (Wildman–Crippen MR) is 203 cm³/mol. The van der Waals surface area contributed by atoms with Crippen LogP contribution < -0.4 is 0 Å². The van der Waals surface area contributed by atoms with Crippen molar-refractivity contribution in [1.82, 2.24) is 14.5 Å². The molecule has 50 heavy (non-hydrogen) atoms. The summed E-state index contributed by atoms with van der Waals surface area (Å²) in [5.41, 5.74) is 10.8. The van der Waals surface area contributed by atoms with Gasteiger partial charge in [0.2, 0.25) is 0 Å². The molecule has 0 saturated carbocycles. The van der Waals surface area contributed by atoms with E-state index in [0.717, 1.165) is 66.6 Å². The Balaban J connectivity index is 1.33. The van der Waals surface area contributed by atoms with Crippen LogP contribution in [-0.2, 0) is 5.41 Å². The number of imidazole rings is 1. The van der Waals surface area contributed by atoms with Crippen LogP contribution in [0.4, 0.5) is 0 Å². The summed E-state index contributed by atoms with van der Waals surface area (Å²) >= 11 is 0. The van der Waals surface area contributed by atoms with Crippen LogP contribution in [0.1, 0.15) is 25.0 Å². The number of furan rings is 1. The summed E-state index contributed by atoms with van der Waals surface area (Å²) in [6, 6.07) is 51.4. The van der Waals surface area contributed by atoms with Gasteiger partial charge in [0.25, 0.3) is 0 Å². The van der Waals surface area contributed by atoms with Crippen LogP contribution in [-0.4, -0.2) is 19.6 Å². The maximum atomic E-state index is 11.0. The van der Waals surface area contributed by atoms with E-state index in [1.54, 1.807) is 6.07 Å². The van der Waals surface area contributed by atoms with Gasteiger partial charge in [-0.1, -0.05) is 111 Å². The molecule has 0 bridgehead atoms. The monoisotopic (exact) mass is 647 g/mol. The van der Waals surface area contributed by atoms with Crippen molar-refractivity contribution in [3.63, 3.8) is 0 Å². The fourth-order valence-corrected chi connectivity index (χ4v) is 7.17. The summed E-state index contributed by atoms with van der Waals surface area (Å²) in [5.74, 6) is 0.854. The fraction of sp³-hybridized carbons (Fsp3) is 0.0667. The molecule has 0 spiro atoms. The first-order valence-corrected chi connectivity index (χ1v) is 16.8. The maximum Gasteiger partial charge on any atom is 0.161 e. The molecule has 240 valence electrons.